The summed E-state index contributed by atoms with van der Waals surface area (Å²) in [6, 6.07) is -0.155. The number of nitrogens with one attached hydrogen (secondary N) is 2. The highest BCUT2D eigenvalue weighted by Gasteiger charge is 2.23. The van der Waals surface area contributed by atoms with Gasteiger partial charge in [0.2, 0.25) is 0 Å². The monoisotopic (exact) mass is 281 g/mol. The van der Waals surface area contributed by atoms with Crippen LogP contribution in [0.5, 0.6) is 0 Å². The van der Waals surface area contributed by atoms with Gasteiger partial charge in [0, 0.05) is 5.69 Å². The Kier molecular flexibility index (Phi) is 5.20. The van der Waals surface area contributed by atoms with Gasteiger partial charge in [0.15, 0.2) is 0 Å². The number of nitrogens with zero attached hydrogens (tertiary/aromatic N) is 1. The Morgan fingerprint density at radius 1 is 1.35 bits per heavy atom. The summed E-state index contributed by atoms with van der Waals surface area (Å²) in [6.07, 6.45) is 0.404. The maximum atomic E-state index is 11.9. The van der Waals surface area contributed by atoms with Crippen LogP contribution in [0, 0.1) is 19.8 Å². The van der Waals surface area contributed by atoms with Gasteiger partial charge in [-0.2, -0.15) is 0 Å². The molecule has 0 aliphatic heterocycles. The molecule has 1 atom stereocenters. The number of alkyl carbamates (subject to hydrolysis) is 1. The van der Waals surface area contributed by atoms with E-state index in [1.807, 2.05) is 34.6 Å². The summed E-state index contributed by atoms with van der Waals surface area (Å²) in [5, 5.41) is 2.91. The lowest BCUT2D eigenvalue weighted by Crippen LogP contribution is -2.35. The molecule has 5 nitrogen and oxygen atoms in total. The fourth-order valence-corrected chi connectivity index (χ4v) is 1.90. The smallest absolute Gasteiger partial charge is 0.408 e. The fourth-order valence-electron chi connectivity index (χ4n) is 1.90. The van der Waals surface area contributed by atoms with Crippen molar-refractivity contribution in [3.05, 3.63) is 17.2 Å². The molecule has 0 saturated carbocycles. The lowest BCUT2D eigenvalue weighted by molar-refractivity contribution is 0.0495. The number of hydrogen-bond acceptors (Lipinski definition) is 3. The molecule has 1 unspecified atom stereocenters. The van der Waals surface area contributed by atoms with Crippen molar-refractivity contribution in [2.45, 2.75) is 66.5 Å². The third kappa shape index (κ3) is 5.23. The van der Waals surface area contributed by atoms with Crippen molar-refractivity contribution in [2.75, 3.05) is 0 Å². The van der Waals surface area contributed by atoms with Crippen LogP contribution in [0.4, 0.5) is 4.79 Å². The molecule has 0 fully saturated rings. The Bertz CT molecular complexity index is 439. The van der Waals surface area contributed by atoms with Crippen molar-refractivity contribution in [3.63, 3.8) is 0 Å². The van der Waals surface area contributed by atoms with Crippen LogP contribution in [-0.4, -0.2) is 21.7 Å². The molecule has 1 heterocycles. The zero-order chi connectivity index (χ0) is 15.5. The summed E-state index contributed by atoms with van der Waals surface area (Å²) >= 11 is 0. The first kappa shape index (κ1) is 16.5. The molecule has 1 aromatic rings. The first-order valence-corrected chi connectivity index (χ1v) is 7.11. The van der Waals surface area contributed by atoms with E-state index in [4.69, 9.17) is 4.74 Å². The highest BCUT2D eigenvalue weighted by atomic mass is 16.6. The van der Waals surface area contributed by atoms with E-state index in [1.54, 1.807) is 0 Å². The number of rotatable bonds is 4. The van der Waals surface area contributed by atoms with Crippen molar-refractivity contribution in [3.8, 4) is 0 Å². The maximum absolute atomic E-state index is 11.9. The summed E-state index contributed by atoms with van der Waals surface area (Å²) < 4.78 is 5.32. The van der Waals surface area contributed by atoms with Gasteiger partial charge in [-0.05, 0) is 47.0 Å². The normalized spacial score (nSPS) is 13.4. The number of ether oxygens (including phenoxy) is 1. The van der Waals surface area contributed by atoms with Crippen LogP contribution >= 0.6 is 0 Å². The van der Waals surface area contributed by atoms with Crippen molar-refractivity contribution in [1.82, 2.24) is 15.3 Å². The average Bonchev–Trinajstić information content (AvgIpc) is 2.54. The van der Waals surface area contributed by atoms with Gasteiger partial charge in [-0.15, -0.1) is 0 Å². The van der Waals surface area contributed by atoms with E-state index >= 15 is 0 Å². The summed E-state index contributed by atoms with van der Waals surface area (Å²) in [5.74, 6) is 1.24. The van der Waals surface area contributed by atoms with Gasteiger partial charge in [-0.3, -0.25) is 0 Å². The van der Waals surface area contributed by atoms with Gasteiger partial charge in [-0.25, -0.2) is 9.78 Å². The first-order chi connectivity index (χ1) is 9.08. The molecule has 114 valence electrons. The summed E-state index contributed by atoms with van der Waals surface area (Å²) in [7, 11) is 0. The Morgan fingerprint density at radius 2 is 1.95 bits per heavy atom. The number of imidazole rings is 1. The number of aromatic nitrogens is 2. The van der Waals surface area contributed by atoms with Crippen LogP contribution in [0.15, 0.2) is 0 Å². The minimum Gasteiger partial charge on any atom is -0.444 e. The molecule has 2 N–H and O–H groups in total. The lowest BCUT2D eigenvalue weighted by Gasteiger charge is -2.23. The Labute approximate surface area is 121 Å². The quantitative estimate of drug-likeness (QED) is 0.885. The van der Waals surface area contributed by atoms with Crippen molar-refractivity contribution < 1.29 is 9.53 Å². The molecule has 5 heteroatoms. The first-order valence-electron chi connectivity index (χ1n) is 7.11. The number of amides is 1. The third-order valence-corrected chi connectivity index (χ3v) is 2.87. The van der Waals surface area contributed by atoms with Crippen LogP contribution in [0.3, 0.4) is 0 Å². The van der Waals surface area contributed by atoms with Gasteiger partial charge < -0.3 is 15.0 Å². The Hall–Kier alpha value is -1.52. The Morgan fingerprint density at radius 3 is 2.35 bits per heavy atom. The Balaban J connectivity index is 2.82. The third-order valence-electron chi connectivity index (χ3n) is 2.87. The molecule has 0 aromatic carbocycles. The van der Waals surface area contributed by atoms with E-state index in [-0.39, 0.29) is 6.04 Å². The van der Waals surface area contributed by atoms with E-state index in [0.717, 1.165) is 23.6 Å². The van der Waals surface area contributed by atoms with Crippen LogP contribution in [0.2, 0.25) is 0 Å². The van der Waals surface area contributed by atoms with E-state index in [2.05, 4.69) is 29.1 Å². The zero-order valence-corrected chi connectivity index (χ0v) is 13.6. The van der Waals surface area contributed by atoms with E-state index < -0.39 is 11.7 Å². The molecule has 0 radical (unpaired) electrons. The van der Waals surface area contributed by atoms with Gasteiger partial charge in [0.25, 0.3) is 0 Å². The van der Waals surface area contributed by atoms with Crippen LogP contribution < -0.4 is 5.32 Å². The van der Waals surface area contributed by atoms with E-state index in [9.17, 15) is 4.79 Å². The molecule has 20 heavy (non-hydrogen) atoms. The second-order valence-electron chi connectivity index (χ2n) is 6.66. The number of H-pyrrole nitrogens is 1. The molecule has 0 spiro atoms. The van der Waals surface area contributed by atoms with Crippen LogP contribution in [-0.2, 0) is 4.74 Å². The molecular formula is C15H27N3O2. The van der Waals surface area contributed by atoms with Crippen LogP contribution in [0.25, 0.3) is 0 Å². The summed E-state index contributed by atoms with van der Waals surface area (Å²) in [6.45, 7) is 13.7. The topological polar surface area (TPSA) is 67.0 Å². The second-order valence-corrected chi connectivity index (χ2v) is 6.66. The standard InChI is InChI=1S/C15H27N3O2/c1-9(2)8-12(13-16-10(3)11(4)17-13)18-14(19)20-15(5,6)7/h9,12H,8H2,1-7H3,(H,16,17)(H,18,19). The van der Waals surface area contributed by atoms with Crippen molar-refractivity contribution >= 4 is 6.09 Å². The zero-order valence-electron chi connectivity index (χ0n) is 13.6. The summed E-state index contributed by atoms with van der Waals surface area (Å²) in [5.41, 5.74) is 1.49. The predicted molar refractivity (Wildman–Crippen MR) is 79.6 cm³/mol. The molecular weight excluding hydrogens is 254 g/mol. The molecule has 0 aliphatic carbocycles. The highest BCUT2D eigenvalue weighted by Crippen LogP contribution is 2.21. The van der Waals surface area contributed by atoms with Gasteiger partial charge in [0.1, 0.15) is 11.4 Å². The fraction of sp³-hybridized carbons (Fsp3) is 0.733. The largest absolute Gasteiger partial charge is 0.444 e. The van der Waals surface area contributed by atoms with Gasteiger partial charge in [0.05, 0.1) is 11.7 Å². The molecule has 0 aliphatic rings. The van der Waals surface area contributed by atoms with Crippen LogP contribution in [0.1, 0.15) is 64.3 Å². The van der Waals surface area contributed by atoms with Crippen molar-refractivity contribution in [2.24, 2.45) is 5.92 Å². The SMILES string of the molecule is Cc1nc(C(CC(C)C)NC(=O)OC(C)(C)C)[nH]c1C. The molecule has 1 rings (SSSR count). The minimum absolute atomic E-state index is 0.155. The van der Waals surface area contributed by atoms with Crippen molar-refractivity contribution in [1.29, 1.82) is 0 Å². The maximum Gasteiger partial charge on any atom is 0.408 e. The van der Waals surface area contributed by atoms with E-state index in [0.29, 0.717) is 5.92 Å². The van der Waals surface area contributed by atoms with E-state index in [1.165, 1.54) is 0 Å². The number of carbonyl (C=O) groups is 1. The molecule has 1 amide bonds. The predicted octanol–water partition coefficient (Wildman–Crippen LogP) is 3.64. The number of aromatic amines is 1. The average molecular weight is 281 g/mol. The number of aryl methyl sites for hydroxylation is 2. The highest BCUT2D eigenvalue weighted by molar-refractivity contribution is 5.68. The lowest BCUT2D eigenvalue weighted by atomic mass is 10.0. The molecule has 0 saturated heterocycles. The second kappa shape index (κ2) is 6.29. The number of hydrogen-bond donors (Lipinski definition) is 2. The molecule has 1 aromatic heterocycles. The number of carbonyl (C=O) groups excluding carboxylic acids is 1. The minimum atomic E-state index is -0.499. The van der Waals surface area contributed by atoms with Gasteiger partial charge in [-0.1, -0.05) is 13.8 Å². The summed E-state index contributed by atoms with van der Waals surface area (Å²) in [4.78, 5) is 19.7. The van der Waals surface area contributed by atoms with Gasteiger partial charge >= 0.3 is 6.09 Å². The molecule has 0 bridgehead atoms.